The van der Waals surface area contributed by atoms with Gasteiger partial charge in [-0.25, -0.2) is 8.42 Å². The third-order valence-corrected chi connectivity index (χ3v) is 6.43. The van der Waals surface area contributed by atoms with Crippen LogP contribution in [-0.4, -0.2) is 51.4 Å². The monoisotopic (exact) mass is 385 g/mol. The average Bonchev–Trinajstić information content (AvgIpc) is 2.69. The molecule has 0 atom stereocenters. The van der Waals surface area contributed by atoms with Crippen LogP contribution in [0.4, 0.5) is 5.69 Å². The summed E-state index contributed by atoms with van der Waals surface area (Å²) in [5.74, 6) is -0.130. The van der Waals surface area contributed by atoms with Crippen LogP contribution < -0.4 is 10.2 Å². The van der Waals surface area contributed by atoms with Gasteiger partial charge in [-0.05, 0) is 36.4 Å². The van der Waals surface area contributed by atoms with E-state index in [4.69, 9.17) is 5.26 Å². The second-order valence-corrected chi connectivity index (χ2v) is 8.32. The van der Waals surface area contributed by atoms with Gasteiger partial charge in [0.25, 0.3) is 5.91 Å². The number of carbonyl (C=O) groups excluding carboxylic acids is 1. The Morgan fingerprint density at radius 2 is 1.70 bits per heavy atom. The third kappa shape index (κ3) is 4.71. The highest BCUT2D eigenvalue weighted by atomic mass is 32.2. The molecule has 7 nitrogen and oxygen atoms in total. The molecule has 0 saturated carbocycles. The van der Waals surface area contributed by atoms with Crippen LogP contribution >= 0.6 is 0 Å². The number of benzene rings is 2. The van der Waals surface area contributed by atoms with Crippen LogP contribution in [0.15, 0.2) is 59.5 Å². The van der Waals surface area contributed by atoms with Crippen molar-refractivity contribution in [2.24, 2.45) is 0 Å². The highest BCUT2D eigenvalue weighted by Gasteiger charge is 2.30. The van der Waals surface area contributed by atoms with Gasteiger partial charge in [0.15, 0.2) is 6.54 Å². The molecule has 140 valence electrons. The zero-order chi connectivity index (χ0) is 19.3. The molecule has 0 unspecified atom stereocenters. The van der Waals surface area contributed by atoms with Crippen molar-refractivity contribution in [3.05, 3.63) is 60.2 Å². The molecular weight excluding hydrogens is 364 g/mol. The molecule has 2 aromatic rings. The Bertz CT molecular complexity index is 929. The minimum Gasteiger partial charge on any atom is -0.325 e. The first-order valence-electron chi connectivity index (χ1n) is 8.68. The van der Waals surface area contributed by atoms with E-state index in [9.17, 15) is 13.2 Å². The highest BCUT2D eigenvalue weighted by Crippen LogP contribution is 2.14. The maximum absolute atomic E-state index is 12.6. The van der Waals surface area contributed by atoms with Crippen molar-refractivity contribution in [2.75, 3.05) is 38.0 Å². The molecule has 1 aliphatic rings. The fraction of sp³-hybridized carbons (Fsp3) is 0.263. The lowest BCUT2D eigenvalue weighted by molar-refractivity contribution is -0.895. The summed E-state index contributed by atoms with van der Waals surface area (Å²) in [5.41, 5.74) is 1.18. The van der Waals surface area contributed by atoms with Gasteiger partial charge in [-0.2, -0.15) is 9.57 Å². The van der Waals surface area contributed by atoms with Crippen molar-refractivity contribution in [1.82, 2.24) is 4.31 Å². The van der Waals surface area contributed by atoms with E-state index in [2.05, 4.69) is 5.32 Å². The molecule has 1 saturated heterocycles. The molecule has 8 heteroatoms. The van der Waals surface area contributed by atoms with Gasteiger partial charge in [-0.3, -0.25) is 4.79 Å². The van der Waals surface area contributed by atoms with Crippen molar-refractivity contribution < 1.29 is 18.1 Å². The Morgan fingerprint density at radius 1 is 1.07 bits per heavy atom. The number of hydrogen-bond acceptors (Lipinski definition) is 4. The standard InChI is InChI=1S/C19H20N4O3S/c20-14-16-6-8-17(9-7-16)21-19(24)15-22-10-12-23(13-11-22)27(25,26)18-4-2-1-3-5-18/h1-9H,10-13,15H2,(H,21,24)/p+1. The summed E-state index contributed by atoms with van der Waals surface area (Å²) in [6, 6.07) is 17.1. The lowest BCUT2D eigenvalue weighted by atomic mass is 10.2. The van der Waals surface area contributed by atoms with E-state index in [-0.39, 0.29) is 12.5 Å². The van der Waals surface area contributed by atoms with Crippen molar-refractivity contribution in [1.29, 1.82) is 5.26 Å². The maximum Gasteiger partial charge on any atom is 0.279 e. The number of quaternary nitrogens is 1. The topological polar surface area (TPSA) is 94.7 Å². The molecular formula is C19H21N4O3S+. The van der Waals surface area contributed by atoms with E-state index in [0.29, 0.717) is 42.3 Å². The van der Waals surface area contributed by atoms with Crippen LogP contribution in [0.5, 0.6) is 0 Å². The van der Waals surface area contributed by atoms with E-state index in [1.54, 1.807) is 54.6 Å². The number of amides is 1. The zero-order valence-electron chi connectivity index (χ0n) is 14.8. The Hall–Kier alpha value is -2.73. The molecule has 0 bridgehead atoms. The van der Waals surface area contributed by atoms with Crippen LogP contribution in [0.25, 0.3) is 0 Å². The molecule has 1 heterocycles. The molecule has 1 aliphatic heterocycles. The van der Waals surface area contributed by atoms with Crippen LogP contribution in [0.2, 0.25) is 0 Å². The fourth-order valence-corrected chi connectivity index (χ4v) is 4.48. The van der Waals surface area contributed by atoms with E-state index < -0.39 is 10.0 Å². The van der Waals surface area contributed by atoms with Gasteiger partial charge in [-0.1, -0.05) is 18.2 Å². The average molecular weight is 385 g/mol. The number of nitrogens with zero attached hydrogens (tertiary/aromatic N) is 2. The van der Waals surface area contributed by atoms with Crippen molar-refractivity contribution in [2.45, 2.75) is 4.90 Å². The van der Waals surface area contributed by atoms with Gasteiger partial charge in [0.2, 0.25) is 10.0 Å². The number of carbonyl (C=O) groups is 1. The van der Waals surface area contributed by atoms with E-state index in [1.807, 2.05) is 6.07 Å². The Kier molecular flexibility index (Phi) is 5.86. The molecule has 27 heavy (non-hydrogen) atoms. The Labute approximate surface area is 158 Å². The van der Waals surface area contributed by atoms with E-state index in [0.717, 1.165) is 4.90 Å². The normalized spacial score (nSPS) is 15.8. The van der Waals surface area contributed by atoms with Crippen LogP contribution in [-0.2, 0) is 14.8 Å². The summed E-state index contributed by atoms with van der Waals surface area (Å²) < 4.78 is 26.7. The van der Waals surface area contributed by atoms with E-state index >= 15 is 0 Å². The molecule has 2 aromatic carbocycles. The van der Waals surface area contributed by atoms with Gasteiger partial charge >= 0.3 is 0 Å². The number of nitrogens with one attached hydrogen (secondary N) is 2. The summed E-state index contributed by atoms with van der Waals surface area (Å²) in [6.07, 6.45) is 0. The maximum atomic E-state index is 12.6. The number of anilines is 1. The van der Waals surface area contributed by atoms with Gasteiger partial charge in [-0.15, -0.1) is 0 Å². The van der Waals surface area contributed by atoms with Gasteiger partial charge in [0, 0.05) is 5.69 Å². The molecule has 0 aromatic heterocycles. The predicted molar refractivity (Wildman–Crippen MR) is 101 cm³/mol. The van der Waals surface area contributed by atoms with Gasteiger partial charge in [0.1, 0.15) is 0 Å². The summed E-state index contributed by atoms with van der Waals surface area (Å²) in [6.45, 7) is 2.20. The molecule has 0 aliphatic carbocycles. The lowest BCUT2D eigenvalue weighted by Gasteiger charge is -2.31. The highest BCUT2D eigenvalue weighted by molar-refractivity contribution is 7.89. The van der Waals surface area contributed by atoms with Crippen LogP contribution in [0.3, 0.4) is 0 Å². The molecule has 1 amide bonds. The first-order chi connectivity index (χ1) is 13.0. The quantitative estimate of drug-likeness (QED) is 0.762. The van der Waals surface area contributed by atoms with Crippen LogP contribution in [0, 0.1) is 11.3 Å². The lowest BCUT2D eigenvalue weighted by Crippen LogP contribution is -3.15. The number of hydrogen-bond donors (Lipinski definition) is 2. The molecule has 3 rings (SSSR count). The SMILES string of the molecule is N#Cc1ccc(NC(=O)C[NH+]2CCN(S(=O)(=O)c3ccccc3)CC2)cc1. The summed E-state index contributed by atoms with van der Waals surface area (Å²) in [7, 11) is -3.48. The summed E-state index contributed by atoms with van der Waals surface area (Å²) >= 11 is 0. The first-order valence-corrected chi connectivity index (χ1v) is 10.1. The Balaban J connectivity index is 1.52. The first kappa shape index (κ1) is 19.0. The third-order valence-electron chi connectivity index (χ3n) is 4.52. The number of piperazine rings is 1. The van der Waals surface area contributed by atoms with E-state index in [1.165, 1.54) is 4.31 Å². The van der Waals surface area contributed by atoms with Crippen molar-refractivity contribution >= 4 is 21.6 Å². The minimum atomic E-state index is -3.48. The molecule has 2 N–H and O–H groups in total. The number of rotatable bonds is 5. The second-order valence-electron chi connectivity index (χ2n) is 6.38. The zero-order valence-corrected chi connectivity index (χ0v) is 15.6. The predicted octanol–water partition coefficient (Wildman–Crippen LogP) is 0.0862. The van der Waals surface area contributed by atoms with Crippen molar-refractivity contribution in [3.8, 4) is 6.07 Å². The molecule has 1 fully saturated rings. The summed E-state index contributed by atoms with van der Waals surface area (Å²) in [4.78, 5) is 13.5. The van der Waals surface area contributed by atoms with Crippen molar-refractivity contribution in [3.63, 3.8) is 0 Å². The minimum absolute atomic E-state index is 0.130. The van der Waals surface area contributed by atoms with Gasteiger partial charge < -0.3 is 10.2 Å². The number of nitriles is 1. The number of sulfonamides is 1. The molecule has 0 radical (unpaired) electrons. The Morgan fingerprint density at radius 3 is 2.30 bits per heavy atom. The largest absolute Gasteiger partial charge is 0.325 e. The van der Waals surface area contributed by atoms with Gasteiger partial charge in [0.05, 0.1) is 42.7 Å². The summed E-state index contributed by atoms with van der Waals surface area (Å²) in [5, 5.41) is 11.6. The fourth-order valence-electron chi connectivity index (χ4n) is 3.02. The van der Waals surface area contributed by atoms with Crippen LogP contribution in [0.1, 0.15) is 5.56 Å². The smallest absolute Gasteiger partial charge is 0.279 e. The second kappa shape index (κ2) is 8.31. The molecule has 0 spiro atoms.